The Morgan fingerprint density at radius 2 is 2.05 bits per heavy atom. The van der Waals surface area contributed by atoms with Crippen LogP contribution in [0.5, 0.6) is 0 Å². The first-order valence-electron chi connectivity index (χ1n) is 7.50. The molecule has 0 bridgehead atoms. The molecule has 1 aromatic rings. The molecule has 1 aromatic heterocycles. The van der Waals surface area contributed by atoms with Gasteiger partial charge < -0.3 is 10.1 Å². The summed E-state index contributed by atoms with van der Waals surface area (Å²) < 4.78 is 5.85. The monoisotopic (exact) mass is 295 g/mol. The van der Waals surface area contributed by atoms with Gasteiger partial charge in [0.15, 0.2) is 5.82 Å². The number of ether oxygens (including phenoxy) is 1. The standard InChI is InChI=1S/C15H25N3OS/c1-5-7-16-14-11-8-20-9-12(11)17-15(18-14)13(10(3)4)19-6-2/h10,13H,5-9H2,1-4H3,(H,16,17,18). The summed E-state index contributed by atoms with van der Waals surface area (Å²) in [6, 6.07) is 0. The van der Waals surface area contributed by atoms with Gasteiger partial charge in [0.2, 0.25) is 0 Å². The van der Waals surface area contributed by atoms with Crippen LogP contribution in [0.3, 0.4) is 0 Å². The zero-order chi connectivity index (χ0) is 14.5. The maximum absolute atomic E-state index is 5.85. The maximum Gasteiger partial charge on any atom is 0.160 e. The smallest absolute Gasteiger partial charge is 0.160 e. The van der Waals surface area contributed by atoms with Gasteiger partial charge in [0.1, 0.15) is 11.9 Å². The Bertz CT molecular complexity index is 451. The van der Waals surface area contributed by atoms with Gasteiger partial charge in [-0.15, -0.1) is 0 Å². The molecular formula is C15H25N3OS. The van der Waals surface area contributed by atoms with E-state index in [9.17, 15) is 0 Å². The third kappa shape index (κ3) is 3.44. The second-order valence-corrected chi connectivity index (χ2v) is 6.38. The Morgan fingerprint density at radius 1 is 1.25 bits per heavy atom. The molecule has 112 valence electrons. The minimum absolute atomic E-state index is 0.0157. The summed E-state index contributed by atoms with van der Waals surface area (Å²) in [6.45, 7) is 10.1. The van der Waals surface area contributed by atoms with Gasteiger partial charge in [-0.05, 0) is 19.3 Å². The van der Waals surface area contributed by atoms with Crippen LogP contribution in [0.15, 0.2) is 0 Å². The van der Waals surface area contributed by atoms with Crippen LogP contribution in [0, 0.1) is 5.92 Å². The summed E-state index contributed by atoms with van der Waals surface area (Å²) in [5, 5.41) is 3.45. The molecule has 0 aliphatic carbocycles. The van der Waals surface area contributed by atoms with E-state index in [-0.39, 0.29) is 6.10 Å². The molecule has 1 aliphatic rings. The minimum atomic E-state index is -0.0157. The molecule has 1 unspecified atom stereocenters. The van der Waals surface area contributed by atoms with E-state index in [0.717, 1.165) is 36.1 Å². The number of nitrogens with zero attached hydrogens (tertiary/aromatic N) is 2. The van der Waals surface area contributed by atoms with Crippen LogP contribution >= 0.6 is 11.8 Å². The number of thioether (sulfide) groups is 1. The van der Waals surface area contributed by atoms with Crippen LogP contribution in [0.25, 0.3) is 0 Å². The molecule has 0 amide bonds. The van der Waals surface area contributed by atoms with Gasteiger partial charge >= 0.3 is 0 Å². The lowest BCUT2D eigenvalue weighted by Crippen LogP contribution is -2.17. The first kappa shape index (κ1) is 15.6. The first-order valence-corrected chi connectivity index (χ1v) is 8.65. The molecule has 0 radical (unpaired) electrons. The number of hydrogen-bond acceptors (Lipinski definition) is 5. The lowest BCUT2D eigenvalue weighted by molar-refractivity contribution is 0.0231. The fourth-order valence-corrected chi connectivity index (χ4v) is 3.37. The van der Waals surface area contributed by atoms with Crippen molar-refractivity contribution in [3.05, 3.63) is 17.1 Å². The van der Waals surface area contributed by atoms with Crippen molar-refractivity contribution in [2.24, 2.45) is 5.92 Å². The molecule has 5 heteroatoms. The molecule has 1 aliphatic heterocycles. The zero-order valence-corrected chi connectivity index (χ0v) is 13.7. The molecule has 1 N–H and O–H groups in total. The molecule has 0 saturated heterocycles. The lowest BCUT2D eigenvalue weighted by atomic mass is 10.1. The molecule has 2 rings (SSSR count). The van der Waals surface area contributed by atoms with Crippen LogP contribution < -0.4 is 5.32 Å². The minimum Gasteiger partial charge on any atom is -0.370 e. The van der Waals surface area contributed by atoms with E-state index in [2.05, 4.69) is 26.1 Å². The third-order valence-corrected chi connectivity index (χ3v) is 4.31. The van der Waals surface area contributed by atoms with Crippen LogP contribution in [0.2, 0.25) is 0 Å². The number of fused-ring (bicyclic) bond motifs is 1. The topological polar surface area (TPSA) is 47.0 Å². The summed E-state index contributed by atoms with van der Waals surface area (Å²) in [7, 11) is 0. The lowest BCUT2D eigenvalue weighted by Gasteiger charge is -2.21. The van der Waals surface area contributed by atoms with E-state index in [0.29, 0.717) is 12.5 Å². The number of nitrogens with one attached hydrogen (secondary N) is 1. The van der Waals surface area contributed by atoms with E-state index in [1.54, 1.807) is 0 Å². The van der Waals surface area contributed by atoms with Crippen LogP contribution in [-0.4, -0.2) is 23.1 Å². The van der Waals surface area contributed by atoms with Gasteiger partial charge in [-0.1, -0.05) is 20.8 Å². The van der Waals surface area contributed by atoms with Gasteiger partial charge in [0.25, 0.3) is 0 Å². The fraction of sp³-hybridized carbons (Fsp3) is 0.733. The van der Waals surface area contributed by atoms with Gasteiger partial charge in [0.05, 0.1) is 5.69 Å². The van der Waals surface area contributed by atoms with E-state index in [4.69, 9.17) is 14.7 Å². The molecule has 0 spiro atoms. The van der Waals surface area contributed by atoms with E-state index in [1.165, 1.54) is 11.3 Å². The number of anilines is 1. The molecule has 20 heavy (non-hydrogen) atoms. The summed E-state index contributed by atoms with van der Waals surface area (Å²) in [4.78, 5) is 9.53. The van der Waals surface area contributed by atoms with Gasteiger partial charge in [-0.2, -0.15) is 11.8 Å². The third-order valence-electron chi connectivity index (χ3n) is 3.34. The van der Waals surface area contributed by atoms with Crippen molar-refractivity contribution in [2.45, 2.75) is 51.7 Å². The molecule has 1 atom stereocenters. The van der Waals surface area contributed by atoms with Crippen molar-refractivity contribution in [3.8, 4) is 0 Å². The Hall–Kier alpha value is -0.810. The summed E-state index contributed by atoms with van der Waals surface area (Å²) >= 11 is 1.91. The molecule has 0 aromatic carbocycles. The highest BCUT2D eigenvalue weighted by Gasteiger charge is 2.25. The van der Waals surface area contributed by atoms with Crippen molar-refractivity contribution < 1.29 is 4.74 Å². The van der Waals surface area contributed by atoms with E-state index in [1.807, 2.05) is 18.7 Å². The molecule has 2 heterocycles. The molecule has 0 saturated carbocycles. The van der Waals surface area contributed by atoms with E-state index < -0.39 is 0 Å². The quantitative estimate of drug-likeness (QED) is 0.829. The Labute approximate surface area is 126 Å². The highest BCUT2D eigenvalue weighted by molar-refractivity contribution is 7.98. The largest absolute Gasteiger partial charge is 0.370 e. The summed E-state index contributed by atoms with van der Waals surface area (Å²) in [6.07, 6.45) is 1.08. The Kier molecular flexibility index (Phi) is 5.66. The van der Waals surface area contributed by atoms with Gasteiger partial charge in [-0.25, -0.2) is 9.97 Å². The van der Waals surface area contributed by atoms with Crippen molar-refractivity contribution in [1.29, 1.82) is 0 Å². The van der Waals surface area contributed by atoms with Gasteiger partial charge in [0, 0.05) is 30.2 Å². The zero-order valence-electron chi connectivity index (χ0n) is 12.9. The normalized spacial score (nSPS) is 15.4. The number of rotatable bonds is 7. The predicted octanol–water partition coefficient (Wildman–Crippen LogP) is 3.78. The van der Waals surface area contributed by atoms with Crippen molar-refractivity contribution in [3.63, 3.8) is 0 Å². The van der Waals surface area contributed by atoms with Crippen LogP contribution in [0.1, 0.15) is 57.3 Å². The van der Waals surface area contributed by atoms with Crippen LogP contribution in [-0.2, 0) is 16.2 Å². The summed E-state index contributed by atoms with van der Waals surface area (Å²) in [5.74, 6) is 4.23. The Balaban J connectivity index is 2.33. The van der Waals surface area contributed by atoms with Crippen molar-refractivity contribution in [2.75, 3.05) is 18.5 Å². The SMILES string of the molecule is CCCNc1nc(C(OCC)C(C)C)nc2c1CSC2. The second-order valence-electron chi connectivity index (χ2n) is 5.40. The van der Waals surface area contributed by atoms with Gasteiger partial charge in [-0.3, -0.25) is 0 Å². The van der Waals surface area contributed by atoms with Crippen LogP contribution in [0.4, 0.5) is 5.82 Å². The fourth-order valence-electron chi connectivity index (χ4n) is 2.33. The maximum atomic E-state index is 5.85. The highest BCUT2D eigenvalue weighted by Crippen LogP contribution is 2.35. The van der Waals surface area contributed by atoms with Crippen molar-refractivity contribution in [1.82, 2.24) is 9.97 Å². The molecule has 4 nitrogen and oxygen atoms in total. The number of hydrogen-bond donors (Lipinski definition) is 1. The highest BCUT2D eigenvalue weighted by atomic mass is 32.2. The number of aromatic nitrogens is 2. The second kappa shape index (κ2) is 7.27. The average Bonchev–Trinajstić information content (AvgIpc) is 2.89. The van der Waals surface area contributed by atoms with E-state index >= 15 is 0 Å². The molecule has 0 fully saturated rings. The summed E-state index contributed by atoms with van der Waals surface area (Å²) in [5.41, 5.74) is 2.47. The first-order chi connectivity index (χ1) is 9.67. The predicted molar refractivity (Wildman–Crippen MR) is 85.0 cm³/mol. The Morgan fingerprint density at radius 3 is 2.70 bits per heavy atom. The average molecular weight is 295 g/mol. The van der Waals surface area contributed by atoms with Crippen molar-refractivity contribution >= 4 is 17.6 Å². The molecular weight excluding hydrogens is 270 g/mol.